The normalized spacial score (nSPS) is 11.8. The fourth-order valence-electron chi connectivity index (χ4n) is 1.91. The molecule has 2 rings (SSSR count). The van der Waals surface area contributed by atoms with Crippen molar-refractivity contribution >= 4 is 17.7 Å². The number of hydrogen-bond acceptors (Lipinski definition) is 3. The van der Waals surface area contributed by atoms with Crippen molar-refractivity contribution in [2.75, 3.05) is 5.75 Å². The lowest BCUT2D eigenvalue weighted by molar-refractivity contribution is -0.144. The molecular weight excluding hydrogens is 268 g/mol. The minimum absolute atomic E-state index is 0.0960. The molecule has 1 unspecified atom stereocenters. The molecular formula is C17H18O2S. The molecule has 1 atom stereocenters. The van der Waals surface area contributed by atoms with E-state index in [1.807, 2.05) is 67.6 Å². The molecule has 2 nitrogen and oxygen atoms in total. The summed E-state index contributed by atoms with van der Waals surface area (Å²) in [6, 6.07) is 19.9. The average molecular weight is 286 g/mol. The summed E-state index contributed by atoms with van der Waals surface area (Å²) in [5.41, 5.74) is 1.18. The molecule has 0 heterocycles. The Morgan fingerprint density at radius 2 is 1.65 bits per heavy atom. The summed E-state index contributed by atoms with van der Waals surface area (Å²) in [5, 5.41) is 0. The smallest absolute Gasteiger partial charge is 0.316 e. The van der Waals surface area contributed by atoms with E-state index in [9.17, 15) is 4.79 Å². The van der Waals surface area contributed by atoms with Gasteiger partial charge in [0.25, 0.3) is 0 Å². The molecule has 2 aromatic carbocycles. The fraction of sp³-hybridized carbons (Fsp3) is 0.235. The van der Waals surface area contributed by atoms with Gasteiger partial charge >= 0.3 is 5.97 Å². The van der Waals surface area contributed by atoms with Crippen LogP contribution >= 0.6 is 11.8 Å². The Balaban J connectivity index is 1.74. The monoisotopic (exact) mass is 286 g/mol. The minimum Gasteiger partial charge on any atom is -0.462 e. The lowest BCUT2D eigenvalue weighted by atomic mass is 10.1. The Hall–Kier alpha value is -1.74. The van der Waals surface area contributed by atoms with E-state index in [1.54, 1.807) is 0 Å². The van der Waals surface area contributed by atoms with Gasteiger partial charge in [-0.15, -0.1) is 11.8 Å². The first-order valence-electron chi connectivity index (χ1n) is 6.65. The average Bonchev–Trinajstić information content (AvgIpc) is 2.47. The van der Waals surface area contributed by atoms with Crippen molar-refractivity contribution in [3.05, 3.63) is 66.2 Å². The van der Waals surface area contributed by atoms with Crippen LogP contribution in [-0.4, -0.2) is 17.8 Å². The number of carbonyl (C=O) groups is 1. The van der Waals surface area contributed by atoms with E-state index in [0.29, 0.717) is 5.75 Å². The zero-order valence-corrected chi connectivity index (χ0v) is 12.3. The van der Waals surface area contributed by atoms with Crippen LogP contribution in [0.25, 0.3) is 0 Å². The number of carbonyl (C=O) groups excluding carboxylic acids is 1. The van der Waals surface area contributed by atoms with Crippen LogP contribution in [0.3, 0.4) is 0 Å². The Labute approximate surface area is 124 Å². The van der Waals surface area contributed by atoms with Gasteiger partial charge in [0, 0.05) is 11.3 Å². The Morgan fingerprint density at radius 1 is 1.05 bits per heavy atom. The molecule has 104 valence electrons. The standard InChI is InChI=1S/C17H18O2S/c1-14(12-15-8-4-2-5-9-15)19-17(18)13-20-16-10-6-3-7-11-16/h2-11,14H,12-13H2,1H3. The van der Waals surface area contributed by atoms with Crippen molar-refractivity contribution in [1.82, 2.24) is 0 Å². The van der Waals surface area contributed by atoms with Crippen LogP contribution in [0.2, 0.25) is 0 Å². The summed E-state index contributed by atoms with van der Waals surface area (Å²) in [6.45, 7) is 1.93. The fourth-order valence-corrected chi connectivity index (χ4v) is 2.61. The Kier molecular flexibility index (Phi) is 5.69. The molecule has 0 radical (unpaired) electrons. The van der Waals surface area contributed by atoms with E-state index in [2.05, 4.69) is 0 Å². The van der Waals surface area contributed by atoms with Crippen molar-refractivity contribution in [1.29, 1.82) is 0 Å². The lowest BCUT2D eigenvalue weighted by Crippen LogP contribution is -2.18. The van der Waals surface area contributed by atoms with Gasteiger partial charge in [0.2, 0.25) is 0 Å². The van der Waals surface area contributed by atoms with Crippen molar-refractivity contribution < 1.29 is 9.53 Å². The summed E-state index contributed by atoms with van der Waals surface area (Å²) in [5.74, 6) is 0.186. The summed E-state index contributed by atoms with van der Waals surface area (Å²) >= 11 is 1.50. The summed E-state index contributed by atoms with van der Waals surface area (Å²) in [7, 11) is 0. The molecule has 0 aliphatic carbocycles. The first-order valence-corrected chi connectivity index (χ1v) is 7.64. The maximum Gasteiger partial charge on any atom is 0.316 e. The second-order valence-electron chi connectivity index (χ2n) is 4.59. The third kappa shape index (κ3) is 5.10. The zero-order chi connectivity index (χ0) is 14.2. The Morgan fingerprint density at radius 3 is 2.30 bits per heavy atom. The Bertz CT molecular complexity index is 525. The number of ether oxygens (including phenoxy) is 1. The molecule has 0 spiro atoms. The molecule has 0 fully saturated rings. The summed E-state index contributed by atoms with van der Waals surface area (Å²) in [4.78, 5) is 12.9. The van der Waals surface area contributed by atoms with Gasteiger partial charge in [0.05, 0.1) is 5.75 Å². The van der Waals surface area contributed by atoms with Crippen LogP contribution in [0.5, 0.6) is 0 Å². The molecule has 3 heteroatoms. The van der Waals surface area contributed by atoms with Crippen LogP contribution in [-0.2, 0) is 16.0 Å². The van der Waals surface area contributed by atoms with Crippen LogP contribution in [0.1, 0.15) is 12.5 Å². The maximum absolute atomic E-state index is 11.8. The number of hydrogen-bond donors (Lipinski definition) is 0. The van der Waals surface area contributed by atoms with Crippen molar-refractivity contribution in [2.24, 2.45) is 0 Å². The van der Waals surface area contributed by atoms with Crippen molar-refractivity contribution in [2.45, 2.75) is 24.3 Å². The maximum atomic E-state index is 11.8. The summed E-state index contributed by atoms with van der Waals surface area (Å²) < 4.78 is 5.42. The first kappa shape index (κ1) is 14.7. The summed E-state index contributed by atoms with van der Waals surface area (Å²) in [6.07, 6.45) is 0.657. The van der Waals surface area contributed by atoms with Crippen molar-refractivity contribution in [3.8, 4) is 0 Å². The SMILES string of the molecule is CC(Cc1ccccc1)OC(=O)CSc1ccccc1. The number of rotatable bonds is 6. The van der Waals surface area contributed by atoms with Gasteiger partial charge in [-0.1, -0.05) is 48.5 Å². The molecule has 0 amide bonds. The topological polar surface area (TPSA) is 26.3 Å². The highest BCUT2D eigenvalue weighted by atomic mass is 32.2. The predicted molar refractivity (Wildman–Crippen MR) is 82.9 cm³/mol. The van der Waals surface area contributed by atoms with Gasteiger partial charge in [-0.25, -0.2) is 0 Å². The van der Waals surface area contributed by atoms with E-state index >= 15 is 0 Å². The van der Waals surface area contributed by atoms with E-state index in [-0.39, 0.29) is 12.1 Å². The molecule has 0 aromatic heterocycles. The van der Waals surface area contributed by atoms with Gasteiger partial charge in [-0.3, -0.25) is 4.79 Å². The molecule has 0 saturated heterocycles. The molecule has 0 N–H and O–H groups in total. The van der Waals surface area contributed by atoms with Gasteiger partial charge in [-0.2, -0.15) is 0 Å². The van der Waals surface area contributed by atoms with E-state index in [1.165, 1.54) is 17.3 Å². The van der Waals surface area contributed by atoms with E-state index < -0.39 is 0 Å². The van der Waals surface area contributed by atoms with Gasteiger partial charge in [0.1, 0.15) is 6.10 Å². The van der Waals surface area contributed by atoms with Crippen LogP contribution in [0, 0.1) is 0 Å². The number of thioether (sulfide) groups is 1. The molecule has 20 heavy (non-hydrogen) atoms. The van der Waals surface area contributed by atoms with Crippen LogP contribution in [0.15, 0.2) is 65.6 Å². The highest BCUT2D eigenvalue weighted by Crippen LogP contribution is 2.17. The van der Waals surface area contributed by atoms with Gasteiger partial charge in [0.15, 0.2) is 0 Å². The van der Waals surface area contributed by atoms with E-state index in [4.69, 9.17) is 4.74 Å². The molecule has 0 aliphatic heterocycles. The first-order chi connectivity index (χ1) is 9.74. The highest BCUT2D eigenvalue weighted by Gasteiger charge is 2.10. The number of benzene rings is 2. The number of esters is 1. The highest BCUT2D eigenvalue weighted by molar-refractivity contribution is 8.00. The largest absolute Gasteiger partial charge is 0.462 e. The quantitative estimate of drug-likeness (QED) is 0.594. The van der Waals surface area contributed by atoms with Crippen LogP contribution in [0.4, 0.5) is 0 Å². The molecule has 0 saturated carbocycles. The van der Waals surface area contributed by atoms with Crippen molar-refractivity contribution in [3.63, 3.8) is 0 Å². The third-order valence-corrected chi connectivity index (χ3v) is 3.78. The molecule has 0 aliphatic rings. The molecule has 2 aromatic rings. The van der Waals surface area contributed by atoms with Gasteiger partial charge < -0.3 is 4.74 Å². The minimum atomic E-state index is -0.165. The predicted octanol–water partition coefficient (Wildman–Crippen LogP) is 3.95. The molecule has 0 bridgehead atoms. The third-order valence-electron chi connectivity index (χ3n) is 2.80. The zero-order valence-electron chi connectivity index (χ0n) is 11.5. The van der Waals surface area contributed by atoms with Crippen LogP contribution < -0.4 is 0 Å². The van der Waals surface area contributed by atoms with E-state index in [0.717, 1.165) is 11.3 Å². The van der Waals surface area contributed by atoms with Gasteiger partial charge in [-0.05, 0) is 24.6 Å². The lowest BCUT2D eigenvalue weighted by Gasteiger charge is -2.13. The second-order valence-corrected chi connectivity index (χ2v) is 5.64. The second kappa shape index (κ2) is 7.75.